The summed E-state index contributed by atoms with van der Waals surface area (Å²) < 4.78 is 56.6. The fourth-order valence-electron chi connectivity index (χ4n) is 8.70. The van der Waals surface area contributed by atoms with Gasteiger partial charge in [0.2, 0.25) is 18.3 Å². The zero-order chi connectivity index (χ0) is 39.8. The highest BCUT2D eigenvalue weighted by Crippen LogP contribution is 2.47. The molecular weight excluding hydrogens is 749 g/mol. The zero-order valence-electron chi connectivity index (χ0n) is 34.2. The molecule has 1 fully saturated rings. The summed E-state index contributed by atoms with van der Waals surface area (Å²) in [7, 11) is -4.62. The van der Waals surface area contributed by atoms with Crippen molar-refractivity contribution in [1.29, 1.82) is 0 Å². The molecule has 0 radical (unpaired) electrons. The molecule has 0 unspecified atom stereocenters. The third kappa shape index (κ3) is 10.4. The molecule has 5 rings (SSSR count). The summed E-state index contributed by atoms with van der Waals surface area (Å²) in [6.45, 7) is 19.5. The number of aliphatic hydroxyl groups excluding tert-OH is 1. The van der Waals surface area contributed by atoms with Gasteiger partial charge in [0.25, 0.3) is 0 Å². The Kier molecular flexibility index (Phi) is 15.8. The van der Waals surface area contributed by atoms with E-state index in [9.17, 15) is 13.5 Å². The molecule has 55 heavy (non-hydrogen) atoms. The number of nitrogens with zero attached hydrogens (tertiary/aromatic N) is 2. The molecule has 3 aromatic carbocycles. The van der Waals surface area contributed by atoms with Crippen LogP contribution < -0.4 is 9.64 Å². The van der Waals surface area contributed by atoms with E-state index in [0.29, 0.717) is 42.2 Å². The molecule has 3 aromatic rings. The van der Waals surface area contributed by atoms with Gasteiger partial charge < -0.3 is 28.6 Å². The van der Waals surface area contributed by atoms with Gasteiger partial charge in [-0.2, -0.15) is 16.1 Å². The lowest BCUT2D eigenvalue weighted by molar-refractivity contribution is -0.0504. The van der Waals surface area contributed by atoms with Crippen molar-refractivity contribution in [2.45, 2.75) is 107 Å². The van der Waals surface area contributed by atoms with Gasteiger partial charge in [-0.05, 0) is 70.9 Å². The molecule has 3 atom stereocenters. The lowest BCUT2D eigenvalue weighted by atomic mass is 9.85. The van der Waals surface area contributed by atoms with Gasteiger partial charge in [-0.1, -0.05) is 89.6 Å². The summed E-state index contributed by atoms with van der Waals surface area (Å²) in [5, 5.41) is 9.33. The van der Waals surface area contributed by atoms with Crippen LogP contribution in [0.1, 0.15) is 76.1 Å². The second kappa shape index (κ2) is 19.8. The molecule has 2 aliphatic heterocycles. The first-order valence-electron chi connectivity index (χ1n) is 19.9. The number of methoxy groups -OCH3 is 1. The fourth-order valence-corrected chi connectivity index (χ4v) is 16.4. The number of benzene rings is 3. The van der Waals surface area contributed by atoms with Gasteiger partial charge in [0.15, 0.2) is 0 Å². The molecule has 0 aromatic heterocycles. The van der Waals surface area contributed by atoms with Crippen molar-refractivity contribution in [1.82, 2.24) is 4.31 Å². The van der Waals surface area contributed by atoms with Gasteiger partial charge in [-0.15, -0.1) is 0 Å². The summed E-state index contributed by atoms with van der Waals surface area (Å²) in [5.74, 6) is 2.15. The van der Waals surface area contributed by atoms with Gasteiger partial charge in [0.1, 0.15) is 12.4 Å². The summed E-state index contributed by atoms with van der Waals surface area (Å²) in [6, 6.07) is 22.0. The maximum Gasteiger partial charge on any atom is 0.243 e. The van der Waals surface area contributed by atoms with Gasteiger partial charge in [-0.3, -0.25) is 0 Å². The van der Waals surface area contributed by atoms with Crippen molar-refractivity contribution < 1.29 is 32.2 Å². The van der Waals surface area contributed by atoms with Crippen molar-refractivity contribution in [3.05, 3.63) is 89.0 Å². The Morgan fingerprint density at radius 1 is 0.909 bits per heavy atom. The number of sulfonamides is 1. The van der Waals surface area contributed by atoms with E-state index in [1.165, 1.54) is 5.56 Å². The SMILES string of the molecule is COCCCN1CCOc2ccc(CO[C@H]3CN(S(=O)(=O)c4ccc(C)cc4)C[C@@H](O[Si](C(C)C)(C(C)C)C(C)C)[C@@H]3c3ccc(CSCCO)cc3)cc21. The molecule has 9 nitrogen and oxygen atoms in total. The van der Waals surface area contributed by atoms with Crippen LogP contribution in [-0.4, -0.2) is 97.2 Å². The number of anilines is 1. The Morgan fingerprint density at radius 2 is 1.56 bits per heavy atom. The van der Waals surface area contributed by atoms with Crippen LogP contribution in [-0.2, 0) is 36.3 Å². The molecule has 0 bridgehead atoms. The smallest absolute Gasteiger partial charge is 0.243 e. The Hall–Kier alpha value is -2.42. The minimum atomic E-state index is -3.87. The highest BCUT2D eigenvalue weighted by molar-refractivity contribution is 7.98. The van der Waals surface area contributed by atoms with E-state index in [4.69, 9.17) is 18.6 Å². The third-order valence-electron chi connectivity index (χ3n) is 11.4. The van der Waals surface area contributed by atoms with Crippen LogP contribution in [0.5, 0.6) is 5.75 Å². The average molecular weight is 813 g/mol. The molecule has 1 saturated heterocycles. The number of piperidine rings is 1. The Labute approximate surface area is 336 Å². The first kappa shape index (κ1) is 43.7. The van der Waals surface area contributed by atoms with Crippen molar-refractivity contribution in [2.75, 3.05) is 63.8 Å². The molecule has 0 aliphatic carbocycles. The highest BCUT2D eigenvalue weighted by atomic mass is 32.2. The minimum absolute atomic E-state index is 0.154. The standard InChI is InChI=1S/C43H64N2O7S2Si/c1-31(2)55(32(3)4,33(5)6)52-42-28-45(54(47,48)38-17-10-34(7)11-18-38)27-41(43(42)37-15-12-35(13-16-37)30-53-25-22-46)51-29-36-14-19-40-39(26-36)44(21-24-50-40)20-9-23-49-8/h10-19,26,31-33,41-43,46H,9,20-25,27-30H2,1-8H3/t41-,42+,43+/m0/s1. The zero-order valence-corrected chi connectivity index (χ0v) is 36.8. The van der Waals surface area contributed by atoms with Crippen LogP contribution >= 0.6 is 11.8 Å². The second-order valence-corrected chi connectivity index (χ2v) is 24.4. The minimum Gasteiger partial charge on any atom is -0.490 e. The fraction of sp³-hybridized carbons (Fsp3) is 0.581. The van der Waals surface area contributed by atoms with Crippen molar-refractivity contribution in [3.8, 4) is 5.75 Å². The average Bonchev–Trinajstić information content (AvgIpc) is 3.16. The van der Waals surface area contributed by atoms with Gasteiger partial charge in [-0.25, -0.2) is 8.42 Å². The summed E-state index contributed by atoms with van der Waals surface area (Å²) in [6.07, 6.45) is -0.00234. The number of rotatable bonds is 19. The number of thioether (sulfide) groups is 1. The van der Waals surface area contributed by atoms with E-state index in [0.717, 1.165) is 53.4 Å². The monoisotopic (exact) mass is 812 g/mol. The molecule has 2 heterocycles. The van der Waals surface area contributed by atoms with Crippen LogP contribution in [0, 0.1) is 6.92 Å². The second-order valence-electron chi connectivity index (χ2n) is 16.0. The van der Waals surface area contributed by atoms with Crippen molar-refractivity contribution in [3.63, 3.8) is 0 Å². The third-order valence-corrected chi connectivity index (χ3v) is 20.4. The maximum absolute atomic E-state index is 14.5. The summed E-state index contributed by atoms with van der Waals surface area (Å²) in [5.41, 5.74) is 6.25. The number of aliphatic hydroxyl groups is 1. The van der Waals surface area contributed by atoms with Crippen LogP contribution in [0.2, 0.25) is 16.6 Å². The van der Waals surface area contributed by atoms with Gasteiger partial charge in [0.05, 0.1) is 42.5 Å². The van der Waals surface area contributed by atoms with Gasteiger partial charge >= 0.3 is 0 Å². The first-order chi connectivity index (χ1) is 26.3. The van der Waals surface area contributed by atoms with E-state index >= 15 is 0 Å². The highest BCUT2D eigenvalue weighted by Gasteiger charge is 2.51. The lowest BCUT2D eigenvalue weighted by Gasteiger charge is -2.50. The molecule has 0 saturated carbocycles. The number of fused-ring (bicyclic) bond motifs is 1. The number of aryl methyl sites for hydroxylation is 1. The van der Waals surface area contributed by atoms with E-state index in [1.807, 2.05) is 25.1 Å². The van der Waals surface area contributed by atoms with E-state index in [2.05, 4.69) is 82.8 Å². The Bertz CT molecular complexity index is 1730. The normalized spacial score (nSPS) is 19.6. The summed E-state index contributed by atoms with van der Waals surface area (Å²) >= 11 is 1.70. The molecule has 0 spiro atoms. The van der Waals surface area contributed by atoms with Gasteiger partial charge in [0, 0.05) is 50.8 Å². The Morgan fingerprint density at radius 3 is 2.20 bits per heavy atom. The predicted molar refractivity (Wildman–Crippen MR) is 228 cm³/mol. The Balaban J connectivity index is 1.56. The molecular formula is C43H64N2O7S2Si. The number of hydrogen-bond donors (Lipinski definition) is 1. The molecule has 0 amide bonds. The van der Waals surface area contributed by atoms with Crippen LogP contribution in [0.15, 0.2) is 71.6 Å². The molecule has 304 valence electrons. The van der Waals surface area contributed by atoms with Crippen LogP contribution in [0.3, 0.4) is 0 Å². The van der Waals surface area contributed by atoms with E-state index < -0.39 is 30.5 Å². The number of hydrogen-bond acceptors (Lipinski definition) is 9. The predicted octanol–water partition coefficient (Wildman–Crippen LogP) is 8.39. The maximum atomic E-state index is 14.5. The quantitative estimate of drug-likeness (QED) is 0.0946. The summed E-state index contributed by atoms with van der Waals surface area (Å²) in [4.78, 5) is 2.63. The first-order valence-corrected chi connectivity index (χ1v) is 24.7. The topological polar surface area (TPSA) is 97.8 Å². The van der Waals surface area contributed by atoms with Crippen molar-refractivity contribution >= 4 is 35.8 Å². The molecule has 1 N–H and O–H groups in total. The van der Waals surface area contributed by atoms with E-state index in [1.54, 1.807) is 35.3 Å². The lowest BCUT2D eigenvalue weighted by Crippen LogP contribution is -2.59. The largest absolute Gasteiger partial charge is 0.490 e. The molecule has 12 heteroatoms. The van der Waals surface area contributed by atoms with Crippen LogP contribution in [0.4, 0.5) is 5.69 Å². The van der Waals surface area contributed by atoms with Crippen LogP contribution in [0.25, 0.3) is 0 Å². The number of ether oxygens (including phenoxy) is 3. The molecule has 2 aliphatic rings. The van der Waals surface area contributed by atoms with E-state index in [-0.39, 0.29) is 30.5 Å². The van der Waals surface area contributed by atoms with Crippen molar-refractivity contribution in [2.24, 2.45) is 0 Å².